The molecule has 1 aliphatic heterocycles. The van der Waals surface area contributed by atoms with Gasteiger partial charge in [-0.25, -0.2) is 0 Å². The van der Waals surface area contributed by atoms with E-state index in [2.05, 4.69) is 22.0 Å². The van der Waals surface area contributed by atoms with Crippen LogP contribution in [0.2, 0.25) is 0 Å². The van der Waals surface area contributed by atoms with E-state index in [1.165, 1.54) is 24.8 Å². The predicted molar refractivity (Wildman–Crippen MR) is 102 cm³/mol. The fourth-order valence-corrected chi connectivity index (χ4v) is 7.80. The Hall–Kier alpha value is -1.36. The van der Waals surface area contributed by atoms with E-state index >= 15 is 0 Å². The van der Waals surface area contributed by atoms with Crippen LogP contribution in [0.15, 0.2) is 24.3 Å². The molecular weight excluding hydrogens is 394 g/mol. The Bertz CT molecular complexity index is 762. The maximum absolute atomic E-state index is 13.0. The van der Waals surface area contributed by atoms with Gasteiger partial charge in [0.15, 0.2) is 6.61 Å². The lowest BCUT2D eigenvalue weighted by Crippen LogP contribution is -2.56. The second kappa shape index (κ2) is 5.82. The number of alkyl halides is 1. The van der Waals surface area contributed by atoms with Gasteiger partial charge in [-0.3, -0.25) is 9.59 Å². The van der Waals surface area contributed by atoms with Crippen LogP contribution in [0.25, 0.3) is 0 Å². The van der Waals surface area contributed by atoms with Crippen molar-refractivity contribution in [3.63, 3.8) is 0 Å². The van der Waals surface area contributed by atoms with Crippen LogP contribution in [0.4, 0.5) is 5.69 Å². The highest BCUT2D eigenvalue weighted by Gasteiger charge is 2.60. The molecule has 4 saturated carbocycles. The van der Waals surface area contributed by atoms with Gasteiger partial charge in [-0.15, -0.1) is 0 Å². The quantitative estimate of drug-likeness (QED) is 0.554. The molecule has 0 unspecified atom stereocenters. The van der Waals surface area contributed by atoms with Crippen molar-refractivity contribution in [1.29, 1.82) is 0 Å². The lowest BCUT2D eigenvalue weighted by atomic mass is 9.49. The van der Waals surface area contributed by atoms with Crippen molar-refractivity contribution < 1.29 is 14.3 Å². The zero-order valence-corrected chi connectivity index (χ0v) is 16.5. The van der Waals surface area contributed by atoms with E-state index < -0.39 is 0 Å². The second-order valence-corrected chi connectivity index (χ2v) is 10.6. The van der Waals surface area contributed by atoms with Gasteiger partial charge in [0.25, 0.3) is 5.91 Å². The lowest BCUT2D eigenvalue weighted by molar-refractivity contribution is -0.171. The van der Waals surface area contributed by atoms with Crippen LogP contribution in [-0.4, -0.2) is 29.4 Å². The first-order valence-electron chi connectivity index (χ1n) is 9.71. The summed E-state index contributed by atoms with van der Waals surface area (Å²) < 4.78 is 5.73. The third-order valence-electron chi connectivity index (χ3n) is 6.94. The maximum Gasteiger partial charge on any atom is 0.312 e. The Kier molecular flexibility index (Phi) is 3.76. The summed E-state index contributed by atoms with van der Waals surface area (Å²) in [6, 6.07) is 7.96. The second-order valence-electron chi connectivity index (χ2n) is 8.89. The van der Waals surface area contributed by atoms with Crippen molar-refractivity contribution in [2.75, 3.05) is 18.1 Å². The van der Waals surface area contributed by atoms with Gasteiger partial charge in [0.1, 0.15) is 0 Å². The minimum atomic E-state index is -0.364. The highest BCUT2D eigenvalue weighted by atomic mass is 79.9. The van der Waals surface area contributed by atoms with E-state index in [4.69, 9.17) is 4.74 Å². The molecule has 4 aliphatic carbocycles. The van der Waals surface area contributed by atoms with E-state index in [-0.39, 0.29) is 28.2 Å². The fourth-order valence-electron chi connectivity index (χ4n) is 6.35. The highest BCUT2D eigenvalue weighted by Crippen LogP contribution is 2.64. The zero-order valence-electron chi connectivity index (χ0n) is 14.9. The fraction of sp³-hybridized carbons (Fsp3) is 0.619. The molecule has 0 aromatic heterocycles. The lowest BCUT2D eigenvalue weighted by Gasteiger charge is -2.58. The molecule has 0 N–H and O–H groups in total. The van der Waals surface area contributed by atoms with E-state index in [1.54, 1.807) is 4.90 Å². The van der Waals surface area contributed by atoms with Crippen LogP contribution in [0, 0.1) is 17.3 Å². The van der Waals surface area contributed by atoms with Crippen molar-refractivity contribution in [3.05, 3.63) is 29.8 Å². The summed E-state index contributed by atoms with van der Waals surface area (Å²) in [6.45, 7) is 0.537. The molecule has 0 spiro atoms. The molecule has 0 saturated heterocycles. The summed E-state index contributed by atoms with van der Waals surface area (Å²) in [6.07, 6.45) is 7.24. The van der Waals surface area contributed by atoms with E-state index in [9.17, 15) is 9.59 Å². The molecule has 138 valence electrons. The van der Waals surface area contributed by atoms with Gasteiger partial charge in [0.05, 0.1) is 5.41 Å². The van der Waals surface area contributed by atoms with Crippen molar-refractivity contribution in [3.8, 4) is 0 Å². The van der Waals surface area contributed by atoms with Crippen molar-refractivity contribution in [1.82, 2.24) is 0 Å². The third-order valence-corrected chi connectivity index (χ3v) is 7.87. The maximum atomic E-state index is 13.0. The number of carbonyl (C=O) groups excluding carboxylic acids is 2. The molecule has 1 amide bonds. The normalized spacial score (nSPS) is 36.9. The van der Waals surface area contributed by atoms with E-state index in [0.717, 1.165) is 31.4 Å². The largest absolute Gasteiger partial charge is 0.455 e. The number of nitrogens with zero attached hydrogens (tertiary/aromatic N) is 1. The van der Waals surface area contributed by atoms with Crippen LogP contribution < -0.4 is 4.90 Å². The first-order valence-corrected chi connectivity index (χ1v) is 10.5. The van der Waals surface area contributed by atoms with Gasteiger partial charge in [-0.1, -0.05) is 34.1 Å². The van der Waals surface area contributed by atoms with Gasteiger partial charge in [0.2, 0.25) is 0 Å². The molecule has 1 aromatic carbocycles. The molecule has 2 atom stereocenters. The number of hydrogen-bond donors (Lipinski definition) is 0. The van der Waals surface area contributed by atoms with Crippen LogP contribution >= 0.6 is 15.9 Å². The topological polar surface area (TPSA) is 46.6 Å². The number of ether oxygens (including phenoxy) is 1. The molecule has 4 nitrogen and oxygen atoms in total. The van der Waals surface area contributed by atoms with Gasteiger partial charge < -0.3 is 9.64 Å². The van der Waals surface area contributed by atoms with Crippen molar-refractivity contribution in [2.24, 2.45) is 17.3 Å². The molecule has 6 rings (SSSR count). The van der Waals surface area contributed by atoms with Crippen molar-refractivity contribution in [2.45, 2.75) is 49.3 Å². The number of halogens is 1. The first kappa shape index (κ1) is 16.8. The summed E-state index contributed by atoms with van der Waals surface area (Å²) in [4.78, 5) is 27.4. The number of esters is 1. The number of carbonyl (C=O) groups is 2. The summed E-state index contributed by atoms with van der Waals surface area (Å²) in [5.74, 6) is 1.01. The molecular formula is C21H24BrNO3. The Morgan fingerprint density at radius 2 is 1.88 bits per heavy atom. The number of para-hydroxylation sites is 1. The Labute approximate surface area is 162 Å². The highest BCUT2D eigenvalue weighted by molar-refractivity contribution is 9.10. The molecule has 0 radical (unpaired) electrons. The first-order chi connectivity index (χ1) is 12.5. The molecule has 26 heavy (non-hydrogen) atoms. The average Bonchev–Trinajstić information content (AvgIpc) is 3.01. The standard InChI is InChI=1S/C21H24BrNO3/c22-21-10-14-7-15(11-21)9-20(8-14,13-21)19(25)26-12-18(24)23-6-5-16-3-1-2-4-17(16)23/h1-4,14-15H,5-13H2/t14-,15-,20?,21?/m1/s1. The number of hydrogen-bond acceptors (Lipinski definition) is 3. The number of fused-ring (bicyclic) bond motifs is 1. The number of anilines is 1. The van der Waals surface area contributed by atoms with Crippen LogP contribution in [0.1, 0.15) is 44.1 Å². The van der Waals surface area contributed by atoms with Crippen molar-refractivity contribution >= 4 is 33.5 Å². The summed E-state index contributed by atoms with van der Waals surface area (Å²) in [7, 11) is 0. The SMILES string of the molecule is O=C(COC(=O)C12C[C@H]3C[C@@H](CC(Br)(C3)C1)C2)N1CCc2ccccc21. The molecule has 4 fully saturated rings. The molecule has 1 aromatic rings. The van der Waals surface area contributed by atoms with Gasteiger partial charge in [-0.2, -0.15) is 0 Å². The van der Waals surface area contributed by atoms with Crippen LogP contribution in [0.5, 0.6) is 0 Å². The third kappa shape index (κ3) is 2.62. The predicted octanol–water partition coefficient (Wildman–Crippen LogP) is 3.85. The monoisotopic (exact) mass is 417 g/mol. The Morgan fingerprint density at radius 1 is 1.15 bits per heavy atom. The Morgan fingerprint density at radius 3 is 2.62 bits per heavy atom. The minimum absolute atomic E-state index is 0.110. The smallest absolute Gasteiger partial charge is 0.312 e. The molecule has 1 heterocycles. The molecule has 4 bridgehead atoms. The summed E-state index contributed by atoms with van der Waals surface area (Å²) in [5.41, 5.74) is 1.79. The minimum Gasteiger partial charge on any atom is -0.455 e. The molecule has 5 aliphatic rings. The van der Waals surface area contributed by atoms with Gasteiger partial charge in [0, 0.05) is 16.6 Å². The average molecular weight is 418 g/mol. The molecule has 5 heteroatoms. The number of rotatable bonds is 3. The van der Waals surface area contributed by atoms with Gasteiger partial charge >= 0.3 is 5.97 Å². The van der Waals surface area contributed by atoms with E-state index in [0.29, 0.717) is 18.4 Å². The van der Waals surface area contributed by atoms with E-state index in [1.807, 2.05) is 18.2 Å². The zero-order chi connectivity index (χ0) is 17.9. The number of amides is 1. The summed E-state index contributed by atoms with van der Waals surface area (Å²) >= 11 is 3.93. The van der Waals surface area contributed by atoms with Gasteiger partial charge in [-0.05, 0) is 68.4 Å². The van der Waals surface area contributed by atoms with Crippen LogP contribution in [-0.2, 0) is 20.7 Å². The Balaban J connectivity index is 1.26. The summed E-state index contributed by atoms with van der Waals surface area (Å²) in [5, 5.41) is 0. The number of benzene rings is 1. The van der Waals surface area contributed by atoms with Crippen LogP contribution in [0.3, 0.4) is 0 Å².